The van der Waals surface area contributed by atoms with E-state index in [0.29, 0.717) is 0 Å². The zero-order valence-corrected chi connectivity index (χ0v) is 8.38. The molecule has 0 aromatic heterocycles. The minimum atomic E-state index is -0.484. The molecule has 0 saturated heterocycles. The molecule has 0 heterocycles. The summed E-state index contributed by atoms with van der Waals surface area (Å²) in [6.07, 6.45) is -0.484. The van der Waals surface area contributed by atoms with Crippen LogP contribution in [0.25, 0.3) is 0 Å². The molecule has 1 aromatic carbocycles. The molecule has 0 radical (unpaired) electrons. The van der Waals surface area contributed by atoms with Gasteiger partial charge in [0.25, 0.3) is 0 Å². The van der Waals surface area contributed by atoms with Gasteiger partial charge in [-0.25, -0.2) is 5.06 Å². The Morgan fingerprint density at radius 2 is 1.93 bits per heavy atom. The summed E-state index contributed by atoms with van der Waals surface area (Å²) in [6, 6.07) is 9.46. The Labute approximate surface area is 83.6 Å². The number of hydrogen-bond donors (Lipinski definition) is 1. The van der Waals surface area contributed by atoms with Gasteiger partial charge in [0.05, 0.1) is 19.4 Å². The fraction of sp³-hybridized carbons (Fsp3) is 0.400. The summed E-state index contributed by atoms with van der Waals surface area (Å²) in [5.74, 6) is 0. The van der Waals surface area contributed by atoms with Crippen molar-refractivity contribution in [3.8, 4) is 0 Å². The Balaban J connectivity index is 2.81. The SMILES string of the molecule is COC(CO)N(OC)c1ccccc1. The number of para-hydroxylation sites is 1. The van der Waals surface area contributed by atoms with E-state index in [9.17, 15) is 0 Å². The number of aliphatic hydroxyl groups excluding tert-OH is 1. The van der Waals surface area contributed by atoms with Crippen molar-refractivity contribution in [3.05, 3.63) is 30.3 Å². The lowest BCUT2D eigenvalue weighted by Crippen LogP contribution is -2.38. The largest absolute Gasteiger partial charge is 0.392 e. The van der Waals surface area contributed by atoms with E-state index >= 15 is 0 Å². The molecule has 0 aliphatic heterocycles. The number of hydrogen-bond acceptors (Lipinski definition) is 4. The monoisotopic (exact) mass is 197 g/mol. The molecule has 0 spiro atoms. The minimum absolute atomic E-state index is 0.126. The van der Waals surface area contributed by atoms with E-state index in [1.165, 1.54) is 19.3 Å². The molecule has 0 saturated carbocycles. The maximum absolute atomic E-state index is 9.04. The van der Waals surface area contributed by atoms with Gasteiger partial charge >= 0.3 is 0 Å². The summed E-state index contributed by atoms with van der Waals surface area (Å²) in [5.41, 5.74) is 0.843. The molecule has 1 unspecified atom stereocenters. The Morgan fingerprint density at radius 1 is 1.29 bits per heavy atom. The second-order valence-corrected chi connectivity index (χ2v) is 2.72. The molecule has 0 amide bonds. The van der Waals surface area contributed by atoms with Crippen LogP contribution in [0.4, 0.5) is 5.69 Å². The van der Waals surface area contributed by atoms with Gasteiger partial charge in [-0.1, -0.05) is 18.2 Å². The third-order valence-corrected chi connectivity index (χ3v) is 1.90. The average molecular weight is 197 g/mol. The Bertz CT molecular complexity index is 249. The Kier molecular flexibility index (Phi) is 4.39. The maximum Gasteiger partial charge on any atom is 0.176 e. The predicted octanol–water partition coefficient (Wildman–Crippen LogP) is 1.02. The molecule has 4 nitrogen and oxygen atoms in total. The second-order valence-electron chi connectivity index (χ2n) is 2.72. The molecule has 0 fully saturated rings. The van der Waals surface area contributed by atoms with Gasteiger partial charge in [0.2, 0.25) is 0 Å². The number of ether oxygens (including phenoxy) is 1. The number of aliphatic hydroxyl groups is 1. The van der Waals surface area contributed by atoms with E-state index in [-0.39, 0.29) is 6.61 Å². The van der Waals surface area contributed by atoms with Gasteiger partial charge < -0.3 is 9.84 Å². The highest BCUT2D eigenvalue weighted by Gasteiger charge is 2.16. The summed E-state index contributed by atoms with van der Waals surface area (Å²) in [7, 11) is 3.06. The zero-order chi connectivity index (χ0) is 10.4. The third kappa shape index (κ3) is 2.45. The van der Waals surface area contributed by atoms with Gasteiger partial charge in [0.1, 0.15) is 0 Å². The molecule has 78 valence electrons. The summed E-state index contributed by atoms with van der Waals surface area (Å²) >= 11 is 0. The molecular weight excluding hydrogens is 182 g/mol. The fourth-order valence-electron chi connectivity index (χ4n) is 1.21. The third-order valence-electron chi connectivity index (χ3n) is 1.90. The van der Waals surface area contributed by atoms with E-state index < -0.39 is 6.23 Å². The van der Waals surface area contributed by atoms with Crippen molar-refractivity contribution in [1.29, 1.82) is 0 Å². The van der Waals surface area contributed by atoms with Crippen LogP contribution in [0.3, 0.4) is 0 Å². The highest BCUT2D eigenvalue weighted by molar-refractivity contribution is 5.43. The first kappa shape index (κ1) is 11.0. The first-order valence-electron chi connectivity index (χ1n) is 4.35. The zero-order valence-electron chi connectivity index (χ0n) is 8.38. The van der Waals surface area contributed by atoms with Crippen molar-refractivity contribution >= 4 is 5.69 Å². The average Bonchev–Trinajstić information content (AvgIpc) is 2.27. The van der Waals surface area contributed by atoms with E-state index in [1.807, 2.05) is 30.3 Å². The lowest BCUT2D eigenvalue weighted by Gasteiger charge is -2.28. The van der Waals surface area contributed by atoms with Crippen molar-refractivity contribution in [3.63, 3.8) is 0 Å². The van der Waals surface area contributed by atoms with Crippen molar-refractivity contribution in [2.45, 2.75) is 6.23 Å². The van der Waals surface area contributed by atoms with Gasteiger partial charge in [0, 0.05) is 7.11 Å². The summed E-state index contributed by atoms with van der Waals surface area (Å²) in [4.78, 5) is 5.13. The van der Waals surface area contributed by atoms with Crippen LogP contribution in [-0.2, 0) is 9.57 Å². The molecule has 1 rings (SSSR count). The van der Waals surface area contributed by atoms with E-state index in [1.54, 1.807) is 0 Å². The minimum Gasteiger partial charge on any atom is -0.392 e. The highest BCUT2D eigenvalue weighted by Crippen LogP contribution is 2.16. The molecule has 0 bridgehead atoms. The number of hydroxylamine groups is 1. The standard InChI is InChI=1S/C10H15NO3/c1-13-10(8-12)11(14-2)9-6-4-3-5-7-9/h3-7,10,12H,8H2,1-2H3. The van der Waals surface area contributed by atoms with Gasteiger partial charge in [-0.05, 0) is 12.1 Å². The Morgan fingerprint density at radius 3 is 2.36 bits per heavy atom. The van der Waals surface area contributed by atoms with Crippen LogP contribution >= 0.6 is 0 Å². The summed E-state index contributed by atoms with van der Waals surface area (Å²) < 4.78 is 5.06. The van der Waals surface area contributed by atoms with E-state index in [4.69, 9.17) is 14.7 Å². The molecule has 1 aromatic rings. The molecule has 14 heavy (non-hydrogen) atoms. The molecular formula is C10H15NO3. The number of nitrogens with zero attached hydrogens (tertiary/aromatic N) is 1. The van der Waals surface area contributed by atoms with Crippen LogP contribution in [-0.4, -0.2) is 32.2 Å². The fourth-order valence-corrected chi connectivity index (χ4v) is 1.21. The predicted molar refractivity (Wildman–Crippen MR) is 53.8 cm³/mol. The smallest absolute Gasteiger partial charge is 0.176 e. The first-order valence-corrected chi connectivity index (χ1v) is 4.35. The van der Waals surface area contributed by atoms with Crippen LogP contribution in [0.15, 0.2) is 30.3 Å². The Hall–Kier alpha value is -1.10. The van der Waals surface area contributed by atoms with Crippen LogP contribution in [0.2, 0.25) is 0 Å². The number of methoxy groups -OCH3 is 1. The van der Waals surface area contributed by atoms with Crippen molar-refractivity contribution in [2.24, 2.45) is 0 Å². The summed E-state index contributed by atoms with van der Waals surface area (Å²) in [5, 5.41) is 10.6. The number of rotatable bonds is 5. The van der Waals surface area contributed by atoms with E-state index in [2.05, 4.69) is 0 Å². The van der Waals surface area contributed by atoms with Crippen molar-refractivity contribution < 1.29 is 14.7 Å². The van der Waals surface area contributed by atoms with Crippen molar-refractivity contribution in [2.75, 3.05) is 25.9 Å². The quantitative estimate of drug-likeness (QED) is 0.565. The first-order chi connectivity index (χ1) is 6.83. The number of benzene rings is 1. The lowest BCUT2D eigenvalue weighted by molar-refractivity contribution is -0.0259. The second kappa shape index (κ2) is 5.59. The maximum atomic E-state index is 9.04. The van der Waals surface area contributed by atoms with Gasteiger partial charge in [-0.15, -0.1) is 0 Å². The lowest BCUT2D eigenvalue weighted by atomic mass is 10.3. The van der Waals surface area contributed by atoms with Gasteiger partial charge in [-0.3, -0.25) is 4.84 Å². The molecule has 1 atom stereocenters. The molecule has 1 N–H and O–H groups in total. The van der Waals surface area contributed by atoms with E-state index in [0.717, 1.165) is 5.69 Å². The van der Waals surface area contributed by atoms with Crippen LogP contribution in [0.1, 0.15) is 0 Å². The van der Waals surface area contributed by atoms with Crippen LogP contribution in [0.5, 0.6) is 0 Å². The molecule has 0 aliphatic rings. The summed E-state index contributed by atoms with van der Waals surface area (Å²) in [6.45, 7) is -0.126. The molecule has 4 heteroatoms. The number of anilines is 1. The van der Waals surface area contributed by atoms with Crippen molar-refractivity contribution in [1.82, 2.24) is 0 Å². The molecule has 0 aliphatic carbocycles. The highest BCUT2D eigenvalue weighted by atomic mass is 16.7. The van der Waals surface area contributed by atoms with Crippen LogP contribution < -0.4 is 5.06 Å². The topological polar surface area (TPSA) is 41.9 Å². The van der Waals surface area contributed by atoms with Gasteiger partial charge in [0.15, 0.2) is 6.23 Å². The van der Waals surface area contributed by atoms with Crippen LogP contribution in [0, 0.1) is 0 Å². The normalized spacial score (nSPS) is 12.5. The van der Waals surface area contributed by atoms with Gasteiger partial charge in [-0.2, -0.15) is 0 Å².